The van der Waals surface area contributed by atoms with Gasteiger partial charge in [0.15, 0.2) is 0 Å². The van der Waals surface area contributed by atoms with Crippen molar-refractivity contribution in [2.75, 3.05) is 0 Å². The van der Waals surface area contributed by atoms with Crippen LogP contribution in [0.3, 0.4) is 0 Å². The van der Waals surface area contributed by atoms with E-state index in [1.54, 1.807) is 6.07 Å². The van der Waals surface area contributed by atoms with Gasteiger partial charge in [0.05, 0.1) is 5.97 Å². The van der Waals surface area contributed by atoms with Gasteiger partial charge in [-0.05, 0) is 22.6 Å². The quantitative estimate of drug-likeness (QED) is 0.721. The normalized spacial score (nSPS) is 11.9. The van der Waals surface area contributed by atoms with Crippen LogP contribution in [0.4, 0.5) is 0 Å². The number of Topliss-reactive ketones (excluding diaryl/α,β-unsaturated/α-hetero) is 1. The molecule has 1 aromatic heterocycles. The van der Waals surface area contributed by atoms with Crippen molar-refractivity contribution in [1.82, 2.24) is 0 Å². The molecule has 5 nitrogen and oxygen atoms in total. The molecule has 0 radical (unpaired) electrons. The van der Waals surface area contributed by atoms with Gasteiger partial charge in [-0.1, -0.05) is 30.3 Å². The lowest BCUT2D eigenvalue weighted by molar-refractivity contribution is -0.255. The number of hydrogen-bond donors (Lipinski definition) is 2. The molecule has 22 heavy (non-hydrogen) atoms. The lowest BCUT2D eigenvalue weighted by Crippen LogP contribution is -2.27. The molecule has 0 spiro atoms. The smallest absolute Gasteiger partial charge is 0.459 e. The number of carbonyl (C=O) groups excluding carboxylic acids is 2. The van der Waals surface area contributed by atoms with Crippen molar-refractivity contribution in [2.45, 2.75) is 18.7 Å². The zero-order valence-corrected chi connectivity index (χ0v) is 12.5. The van der Waals surface area contributed by atoms with E-state index in [0.29, 0.717) is 5.56 Å². The Hall–Kier alpha value is -1.96. The standard InChI is InChI=1S/C15H15BO5S/c17-12(8-13-5-2-6-22-13)9-14(16(20)21)10-3-1-4-11(7-10)15(18)19/h1-7,14,20-21H,8-9H2,(H,18,19)/p-1. The van der Waals surface area contributed by atoms with Crippen LogP contribution in [0.2, 0.25) is 0 Å². The summed E-state index contributed by atoms with van der Waals surface area (Å²) in [5.41, 5.74) is 0.324. The van der Waals surface area contributed by atoms with E-state index in [4.69, 9.17) is 0 Å². The molecule has 0 aliphatic heterocycles. The Morgan fingerprint density at radius 3 is 2.59 bits per heavy atom. The van der Waals surface area contributed by atoms with Crippen molar-refractivity contribution in [3.63, 3.8) is 0 Å². The molecule has 7 heteroatoms. The summed E-state index contributed by atoms with van der Waals surface area (Å²) in [5, 5.41) is 31.8. The van der Waals surface area contributed by atoms with Gasteiger partial charge in [0.25, 0.3) is 0 Å². The summed E-state index contributed by atoms with van der Waals surface area (Å²) in [4.78, 5) is 23.9. The van der Waals surface area contributed by atoms with E-state index in [1.165, 1.54) is 29.5 Å². The third kappa shape index (κ3) is 4.27. The number of hydrogen-bond acceptors (Lipinski definition) is 6. The first-order valence-corrected chi connectivity index (χ1v) is 7.57. The Kier molecular flexibility index (Phi) is 5.49. The van der Waals surface area contributed by atoms with Gasteiger partial charge >= 0.3 is 7.12 Å². The van der Waals surface area contributed by atoms with Crippen molar-refractivity contribution in [3.8, 4) is 0 Å². The van der Waals surface area contributed by atoms with E-state index in [9.17, 15) is 24.7 Å². The van der Waals surface area contributed by atoms with Crippen molar-refractivity contribution in [1.29, 1.82) is 0 Å². The molecule has 114 valence electrons. The minimum absolute atomic E-state index is 0.0612. The van der Waals surface area contributed by atoms with Gasteiger partial charge in [0, 0.05) is 23.5 Å². The fourth-order valence-electron chi connectivity index (χ4n) is 2.22. The van der Waals surface area contributed by atoms with E-state index in [0.717, 1.165) is 4.88 Å². The maximum absolute atomic E-state index is 12.1. The summed E-state index contributed by atoms with van der Waals surface area (Å²) in [6.45, 7) is 0. The van der Waals surface area contributed by atoms with Crippen molar-refractivity contribution >= 4 is 30.2 Å². The number of rotatable bonds is 7. The minimum Gasteiger partial charge on any atom is -0.545 e. The molecule has 2 aromatic rings. The molecule has 0 saturated carbocycles. The predicted octanol–water partition coefficient (Wildman–Crippen LogP) is 0.409. The zero-order valence-electron chi connectivity index (χ0n) is 11.6. The van der Waals surface area contributed by atoms with Crippen LogP contribution in [0, 0.1) is 0 Å². The molecule has 1 unspecified atom stereocenters. The van der Waals surface area contributed by atoms with Crippen LogP contribution in [-0.4, -0.2) is 28.9 Å². The molecule has 0 aliphatic rings. The summed E-state index contributed by atoms with van der Waals surface area (Å²) >= 11 is 1.46. The highest BCUT2D eigenvalue weighted by Gasteiger charge is 2.28. The van der Waals surface area contributed by atoms with Crippen molar-refractivity contribution < 1.29 is 24.7 Å². The highest BCUT2D eigenvalue weighted by atomic mass is 32.1. The monoisotopic (exact) mass is 317 g/mol. The van der Waals surface area contributed by atoms with Crippen LogP contribution < -0.4 is 5.11 Å². The number of aromatic carboxylic acids is 1. The molecule has 0 fully saturated rings. The first-order chi connectivity index (χ1) is 10.5. The molecule has 0 saturated heterocycles. The Bertz CT molecular complexity index is 654. The average molecular weight is 317 g/mol. The van der Waals surface area contributed by atoms with Gasteiger partial charge in [0.1, 0.15) is 5.78 Å². The van der Waals surface area contributed by atoms with E-state index in [-0.39, 0.29) is 24.2 Å². The van der Waals surface area contributed by atoms with Crippen LogP contribution in [0.1, 0.15) is 33.0 Å². The summed E-state index contributed by atoms with van der Waals surface area (Å²) in [5.74, 6) is -2.36. The number of carboxylic acids is 1. The van der Waals surface area contributed by atoms with Crippen molar-refractivity contribution in [2.24, 2.45) is 0 Å². The molecule has 2 N–H and O–H groups in total. The number of benzene rings is 1. The summed E-state index contributed by atoms with van der Waals surface area (Å²) in [6, 6.07) is 9.39. The molecule has 0 aliphatic carbocycles. The molecular formula is C15H14BO5S-. The van der Waals surface area contributed by atoms with Crippen LogP contribution in [0.25, 0.3) is 0 Å². The largest absolute Gasteiger partial charge is 0.545 e. The minimum atomic E-state index is -1.75. The van der Waals surface area contributed by atoms with Gasteiger partial charge in [-0.2, -0.15) is 0 Å². The topological polar surface area (TPSA) is 97.7 Å². The number of carboxylic acid groups (broad SMARTS) is 1. The second-order valence-electron chi connectivity index (χ2n) is 4.93. The second kappa shape index (κ2) is 7.35. The van der Waals surface area contributed by atoms with Gasteiger partial charge < -0.3 is 19.9 Å². The van der Waals surface area contributed by atoms with Crippen molar-refractivity contribution in [3.05, 3.63) is 57.8 Å². The van der Waals surface area contributed by atoms with Crippen LogP contribution in [0.15, 0.2) is 41.8 Å². The maximum Gasteiger partial charge on any atom is 0.459 e. The second-order valence-corrected chi connectivity index (χ2v) is 5.96. The Labute approximate surface area is 132 Å². The fourth-order valence-corrected chi connectivity index (χ4v) is 2.95. The molecule has 1 atom stereocenters. The molecule has 0 bridgehead atoms. The summed E-state index contributed by atoms with van der Waals surface area (Å²) < 4.78 is 0. The Balaban J connectivity index is 2.14. The summed E-state index contributed by atoms with van der Waals surface area (Å²) in [6.07, 6.45) is 0.146. The number of ketones is 1. The molecule has 2 rings (SSSR count). The van der Waals surface area contributed by atoms with Crippen LogP contribution in [-0.2, 0) is 11.2 Å². The lowest BCUT2D eigenvalue weighted by Gasteiger charge is -2.16. The highest BCUT2D eigenvalue weighted by molar-refractivity contribution is 7.10. The molecule has 1 heterocycles. The molecule has 0 amide bonds. The SMILES string of the molecule is O=C(Cc1cccs1)CC(B(O)O)c1cccc(C(=O)[O-])c1. The first kappa shape index (κ1) is 16.4. The van der Waals surface area contributed by atoms with E-state index < -0.39 is 18.9 Å². The predicted molar refractivity (Wildman–Crippen MR) is 81.4 cm³/mol. The maximum atomic E-state index is 12.1. The van der Waals surface area contributed by atoms with Gasteiger partial charge in [-0.3, -0.25) is 4.79 Å². The van der Waals surface area contributed by atoms with Gasteiger partial charge in [0.2, 0.25) is 0 Å². The first-order valence-electron chi connectivity index (χ1n) is 6.69. The fraction of sp³-hybridized carbons (Fsp3) is 0.200. The zero-order chi connectivity index (χ0) is 16.1. The van der Waals surface area contributed by atoms with E-state index in [2.05, 4.69) is 0 Å². The third-order valence-electron chi connectivity index (χ3n) is 3.31. The Morgan fingerprint density at radius 2 is 2.00 bits per heavy atom. The number of thiophene rings is 1. The summed E-state index contributed by atoms with van der Waals surface area (Å²) in [7, 11) is -1.75. The number of carbonyl (C=O) groups is 2. The third-order valence-corrected chi connectivity index (χ3v) is 4.19. The van der Waals surface area contributed by atoms with Crippen LogP contribution >= 0.6 is 11.3 Å². The van der Waals surface area contributed by atoms with Crippen LogP contribution in [0.5, 0.6) is 0 Å². The Morgan fingerprint density at radius 1 is 1.23 bits per heavy atom. The highest BCUT2D eigenvalue weighted by Crippen LogP contribution is 2.23. The van der Waals surface area contributed by atoms with E-state index >= 15 is 0 Å². The van der Waals surface area contributed by atoms with Gasteiger partial charge in [-0.15, -0.1) is 11.3 Å². The van der Waals surface area contributed by atoms with E-state index in [1.807, 2.05) is 17.5 Å². The van der Waals surface area contributed by atoms with Gasteiger partial charge in [-0.25, -0.2) is 0 Å². The lowest BCUT2D eigenvalue weighted by atomic mass is 9.66. The molecule has 1 aromatic carbocycles. The molecular weight excluding hydrogens is 303 g/mol. The average Bonchev–Trinajstić information content (AvgIpc) is 2.97.